The van der Waals surface area contributed by atoms with Crippen LogP contribution in [0.15, 0.2) is 24.3 Å². The molecule has 0 aromatic heterocycles. The van der Waals surface area contributed by atoms with E-state index in [0.717, 1.165) is 44.9 Å². The molecule has 0 unspecified atom stereocenters. The Kier molecular flexibility index (Phi) is 7.08. The summed E-state index contributed by atoms with van der Waals surface area (Å²) in [6.45, 7) is 15.1. The quantitative estimate of drug-likeness (QED) is 0.831. The average molecular weight is 335 g/mol. The lowest BCUT2D eigenvalue weighted by atomic mass is 9.94. The summed E-state index contributed by atoms with van der Waals surface area (Å²) >= 11 is 0. The minimum atomic E-state index is 0.266. The highest BCUT2D eigenvalue weighted by atomic mass is 16.5. The van der Waals surface area contributed by atoms with Gasteiger partial charge in [0.25, 0.3) is 0 Å². The van der Waals surface area contributed by atoms with Gasteiger partial charge in [-0.25, -0.2) is 0 Å². The van der Waals surface area contributed by atoms with Gasteiger partial charge in [0.05, 0.1) is 6.61 Å². The number of aliphatic hydroxyl groups is 1. The Morgan fingerprint density at radius 3 is 2.46 bits per heavy atom. The van der Waals surface area contributed by atoms with E-state index in [4.69, 9.17) is 4.74 Å². The van der Waals surface area contributed by atoms with E-state index in [9.17, 15) is 5.11 Å². The van der Waals surface area contributed by atoms with Crippen LogP contribution >= 0.6 is 0 Å². The van der Waals surface area contributed by atoms with Crippen molar-refractivity contribution >= 4 is 0 Å². The highest BCUT2D eigenvalue weighted by molar-refractivity contribution is 5.27. The van der Waals surface area contributed by atoms with E-state index >= 15 is 0 Å². The van der Waals surface area contributed by atoms with E-state index in [1.54, 1.807) is 0 Å². The molecular weight excluding hydrogens is 300 g/mol. The van der Waals surface area contributed by atoms with Crippen LogP contribution in [-0.4, -0.2) is 60.3 Å². The van der Waals surface area contributed by atoms with Gasteiger partial charge in [0.2, 0.25) is 0 Å². The number of ether oxygens (including phenoxy) is 1. The number of hydrogen-bond donors (Lipinski definition) is 1. The largest absolute Gasteiger partial charge is 0.494 e. The minimum Gasteiger partial charge on any atom is -0.494 e. The highest BCUT2D eigenvalue weighted by Crippen LogP contribution is 2.22. The Morgan fingerprint density at radius 2 is 1.88 bits per heavy atom. The van der Waals surface area contributed by atoms with Crippen LogP contribution < -0.4 is 4.74 Å². The summed E-state index contributed by atoms with van der Waals surface area (Å²) in [5.74, 6) is 0.939. The summed E-state index contributed by atoms with van der Waals surface area (Å²) < 4.78 is 5.51. The SMILES string of the molecule is CCOc1ccc(CN2CCN(CC(C)(C)C)[C@H](CCO)C2)cc1. The van der Waals surface area contributed by atoms with Gasteiger partial charge in [-0.3, -0.25) is 9.80 Å². The molecule has 0 bridgehead atoms. The van der Waals surface area contributed by atoms with Gasteiger partial charge in [0.1, 0.15) is 5.75 Å². The summed E-state index contributed by atoms with van der Waals surface area (Å²) in [6, 6.07) is 8.88. The second kappa shape index (κ2) is 8.84. The first-order valence-corrected chi connectivity index (χ1v) is 9.20. The molecule has 4 nitrogen and oxygen atoms in total. The molecule has 4 heteroatoms. The lowest BCUT2D eigenvalue weighted by Crippen LogP contribution is -2.54. The molecule has 1 fully saturated rings. The van der Waals surface area contributed by atoms with Crippen molar-refractivity contribution in [2.75, 3.05) is 39.4 Å². The van der Waals surface area contributed by atoms with Crippen LogP contribution in [-0.2, 0) is 6.54 Å². The van der Waals surface area contributed by atoms with Crippen LogP contribution in [0.3, 0.4) is 0 Å². The van der Waals surface area contributed by atoms with Crippen LogP contribution in [0.2, 0.25) is 0 Å². The van der Waals surface area contributed by atoms with Gasteiger partial charge in [0.15, 0.2) is 0 Å². The molecule has 1 aliphatic rings. The monoisotopic (exact) mass is 334 g/mol. The third-order valence-electron chi connectivity index (χ3n) is 4.47. The zero-order chi connectivity index (χ0) is 17.6. The smallest absolute Gasteiger partial charge is 0.119 e. The summed E-state index contributed by atoms with van der Waals surface area (Å²) in [7, 11) is 0. The first-order valence-electron chi connectivity index (χ1n) is 9.20. The van der Waals surface area contributed by atoms with Crippen LogP contribution in [0.25, 0.3) is 0 Å². The van der Waals surface area contributed by atoms with Crippen LogP contribution in [0.5, 0.6) is 5.75 Å². The maximum absolute atomic E-state index is 9.43. The number of nitrogens with zero attached hydrogens (tertiary/aromatic N) is 2. The topological polar surface area (TPSA) is 35.9 Å². The number of hydrogen-bond acceptors (Lipinski definition) is 4. The van der Waals surface area contributed by atoms with Crippen molar-refractivity contribution < 1.29 is 9.84 Å². The van der Waals surface area contributed by atoms with E-state index in [0.29, 0.717) is 18.1 Å². The molecule has 1 N–H and O–H groups in total. The fourth-order valence-electron chi connectivity index (χ4n) is 3.46. The van der Waals surface area contributed by atoms with Gasteiger partial charge in [-0.15, -0.1) is 0 Å². The fourth-order valence-corrected chi connectivity index (χ4v) is 3.46. The molecule has 0 radical (unpaired) electrons. The summed E-state index contributed by atoms with van der Waals surface area (Å²) in [5.41, 5.74) is 1.62. The van der Waals surface area contributed by atoms with Crippen LogP contribution in [0.1, 0.15) is 39.7 Å². The van der Waals surface area contributed by atoms with E-state index in [2.05, 4.69) is 54.8 Å². The molecule has 0 spiro atoms. The second-order valence-corrected chi connectivity index (χ2v) is 8.01. The van der Waals surface area contributed by atoms with Crippen LogP contribution in [0.4, 0.5) is 0 Å². The molecule has 0 saturated carbocycles. The standard InChI is InChI=1S/C20H34N2O2/c1-5-24-19-8-6-17(7-9-19)14-21-11-12-22(16-20(2,3)4)18(15-21)10-13-23/h6-9,18,23H,5,10-16H2,1-4H3/t18-/m1/s1. The van der Waals surface area contributed by atoms with Gasteiger partial charge < -0.3 is 9.84 Å². The Morgan fingerprint density at radius 1 is 1.17 bits per heavy atom. The molecule has 2 rings (SSSR count). The van der Waals surface area contributed by atoms with Gasteiger partial charge in [-0.2, -0.15) is 0 Å². The summed E-state index contributed by atoms with van der Waals surface area (Å²) in [5, 5.41) is 9.43. The second-order valence-electron chi connectivity index (χ2n) is 8.01. The molecule has 1 atom stereocenters. The van der Waals surface area contributed by atoms with Gasteiger partial charge in [-0.1, -0.05) is 32.9 Å². The lowest BCUT2D eigenvalue weighted by molar-refractivity contribution is 0.0340. The molecule has 1 heterocycles. The highest BCUT2D eigenvalue weighted by Gasteiger charge is 2.29. The number of benzene rings is 1. The van der Waals surface area contributed by atoms with Crippen LogP contribution in [0, 0.1) is 5.41 Å². The maximum Gasteiger partial charge on any atom is 0.119 e. The molecule has 136 valence electrons. The normalized spacial score (nSPS) is 20.3. The molecule has 1 aliphatic heterocycles. The summed E-state index contributed by atoms with van der Waals surface area (Å²) in [4.78, 5) is 5.07. The zero-order valence-corrected chi connectivity index (χ0v) is 15.8. The molecule has 1 saturated heterocycles. The molecular formula is C20H34N2O2. The molecule has 0 aliphatic carbocycles. The maximum atomic E-state index is 9.43. The first kappa shape index (κ1) is 19.2. The molecule has 1 aromatic rings. The van der Waals surface area contributed by atoms with Crippen molar-refractivity contribution in [3.8, 4) is 5.75 Å². The predicted molar refractivity (Wildman–Crippen MR) is 99.4 cm³/mol. The zero-order valence-electron chi connectivity index (χ0n) is 15.8. The van der Waals surface area contributed by atoms with Gasteiger partial charge in [0, 0.05) is 45.4 Å². The Hall–Kier alpha value is -1.10. The van der Waals surface area contributed by atoms with Crippen molar-refractivity contribution in [2.45, 2.75) is 46.7 Å². The van der Waals surface area contributed by atoms with Gasteiger partial charge in [-0.05, 0) is 36.5 Å². The average Bonchev–Trinajstić information content (AvgIpc) is 2.51. The van der Waals surface area contributed by atoms with Gasteiger partial charge >= 0.3 is 0 Å². The van der Waals surface area contributed by atoms with Crippen molar-refractivity contribution in [2.24, 2.45) is 5.41 Å². The van der Waals surface area contributed by atoms with E-state index < -0.39 is 0 Å². The Labute approximate surface area is 147 Å². The first-order chi connectivity index (χ1) is 11.4. The van der Waals surface area contributed by atoms with E-state index in [1.165, 1.54) is 5.56 Å². The third kappa shape index (κ3) is 6.08. The predicted octanol–water partition coefficient (Wildman–Crippen LogP) is 3.00. The lowest BCUT2D eigenvalue weighted by Gasteiger charge is -2.44. The third-order valence-corrected chi connectivity index (χ3v) is 4.47. The number of aliphatic hydroxyl groups excluding tert-OH is 1. The van der Waals surface area contributed by atoms with E-state index in [1.807, 2.05) is 6.92 Å². The Balaban J connectivity index is 1.93. The van der Waals surface area contributed by atoms with Crippen molar-refractivity contribution in [3.05, 3.63) is 29.8 Å². The number of rotatable bonds is 7. The fraction of sp³-hybridized carbons (Fsp3) is 0.700. The minimum absolute atomic E-state index is 0.266. The van der Waals surface area contributed by atoms with Crippen molar-refractivity contribution in [3.63, 3.8) is 0 Å². The van der Waals surface area contributed by atoms with Crippen molar-refractivity contribution in [1.29, 1.82) is 0 Å². The molecule has 24 heavy (non-hydrogen) atoms. The van der Waals surface area contributed by atoms with Crippen molar-refractivity contribution in [1.82, 2.24) is 9.80 Å². The molecule has 1 aromatic carbocycles. The molecule has 0 amide bonds. The number of piperazine rings is 1. The Bertz CT molecular complexity index is 481. The van der Waals surface area contributed by atoms with E-state index in [-0.39, 0.29) is 6.61 Å². The summed E-state index contributed by atoms with van der Waals surface area (Å²) in [6.07, 6.45) is 0.857.